The molecule has 2 aromatic carbocycles. The van der Waals surface area contributed by atoms with Crippen LogP contribution in [0.25, 0.3) is 0 Å². The summed E-state index contributed by atoms with van der Waals surface area (Å²) >= 11 is 0. The van der Waals surface area contributed by atoms with Crippen molar-refractivity contribution in [3.05, 3.63) is 84.5 Å². The van der Waals surface area contributed by atoms with Crippen molar-refractivity contribution in [1.29, 1.82) is 0 Å². The first kappa shape index (κ1) is 26.1. The Morgan fingerprint density at radius 1 is 1.08 bits per heavy atom. The molecule has 0 unspecified atom stereocenters. The fourth-order valence-corrected chi connectivity index (χ4v) is 10.3. The maximum atomic E-state index is 12.4. The van der Waals surface area contributed by atoms with Crippen molar-refractivity contribution in [2.24, 2.45) is 0 Å². The number of rotatable bonds is 8. The number of nitrogens with one attached hydrogen (secondary N) is 1. The highest BCUT2D eigenvalue weighted by Crippen LogP contribution is 2.41. The number of benzene rings is 2. The van der Waals surface area contributed by atoms with Gasteiger partial charge in [0.25, 0.3) is 8.32 Å². The smallest absolute Gasteiger partial charge is 0.261 e. The fourth-order valence-electron chi connectivity index (χ4n) is 5.54. The Hall–Kier alpha value is -3.56. The SMILES string of the molecule is Cc1cc(CC(=O)Nc2ncn([C@H]3CC[C@@H](O[Si](c4ccccc4)(c4ccccc4)C(C)(C)C)C3)n2)on1. The van der Waals surface area contributed by atoms with E-state index < -0.39 is 8.32 Å². The van der Waals surface area contributed by atoms with Crippen LogP contribution in [-0.4, -0.2) is 40.2 Å². The monoisotopic (exact) mass is 529 g/mol. The van der Waals surface area contributed by atoms with Crippen molar-refractivity contribution in [2.75, 3.05) is 5.32 Å². The third-order valence-electron chi connectivity index (χ3n) is 7.26. The van der Waals surface area contributed by atoms with E-state index in [0.29, 0.717) is 11.7 Å². The van der Waals surface area contributed by atoms with Gasteiger partial charge in [-0.2, -0.15) is 0 Å². The molecule has 2 heterocycles. The molecule has 2 aromatic heterocycles. The quantitative estimate of drug-likeness (QED) is 0.340. The van der Waals surface area contributed by atoms with Crippen LogP contribution >= 0.6 is 0 Å². The van der Waals surface area contributed by atoms with Crippen molar-refractivity contribution in [1.82, 2.24) is 19.9 Å². The van der Waals surface area contributed by atoms with E-state index in [1.807, 2.05) is 11.6 Å². The van der Waals surface area contributed by atoms with Gasteiger partial charge in [-0.15, -0.1) is 5.10 Å². The molecule has 0 aliphatic heterocycles. The summed E-state index contributed by atoms with van der Waals surface area (Å²) in [5.41, 5.74) is 0.742. The summed E-state index contributed by atoms with van der Waals surface area (Å²) in [6.45, 7) is 8.73. The number of hydrogen-bond donors (Lipinski definition) is 1. The molecular weight excluding hydrogens is 494 g/mol. The summed E-state index contributed by atoms with van der Waals surface area (Å²) in [4.78, 5) is 16.7. The Labute approximate surface area is 224 Å². The van der Waals surface area contributed by atoms with E-state index in [2.05, 4.69) is 102 Å². The topological polar surface area (TPSA) is 95.1 Å². The first-order valence-electron chi connectivity index (χ1n) is 13.2. The van der Waals surface area contributed by atoms with Gasteiger partial charge in [0, 0.05) is 12.2 Å². The molecule has 0 spiro atoms. The molecule has 4 aromatic rings. The summed E-state index contributed by atoms with van der Waals surface area (Å²) in [7, 11) is -2.61. The van der Waals surface area contributed by atoms with E-state index in [9.17, 15) is 4.79 Å². The average Bonchev–Trinajstić information content (AvgIpc) is 3.64. The van der Waals surface area contributed by atoms with Gasteiger partial charge < -0.3 is 8.95 Å². The maximum Gasteiger partial charge on any atom is 0.261 e. The molecule has 0 bridgehead atoms. The van der Waals surface area contributed by atoms with Crippen molar-refractivity contribution in [2.45, 2.75) is 70.6 Å². The third kappa shape index (κ3) is 5.35. The van der Waals surface area contributed by atoms with E-state index in [-0.39, 0.29) is 29.5 Å². The zero-order valence-corrected chi connectivity index (χ0v) is 23.4. The zero-order chi connectivity index (χ0) is 26.8. The lowest BCUT2D eigenvalue weighted by Gasteiger charge is -2.44. The normalized spacial score (nSPS) is 18.0. The minimum absolute atomic E-state index is 0.0689. The predicted molar refractivity (Wildman–Crippen MR) is 149 cm³/mol. The van der Waals surface area contributed by atoms with Crippen LogP contribution in [-0.2, 0) is 15.6 Å². The van der Waals surface area contributed by atoms with Crippen LogP contribution in [0.3, 0.4) is 0 Å². The minimum Gasteiger partial charge on any atom is -0.404 e. The van der Waals surface area contributed by atoms with Crippen molar-refractivity contribution < 1.29 is 13.7 Å². The van der Waals surface area contributed by atoms with Crippen molar-refractivity contribution >= 4 is 30.5 Å². The molecule has 9 heteroatoms. The molecule has 0 radical (unpaired) electrons. The first-order valence-corrected chi connectivity index (χ1v) is 15.1. The summed E-state index contributed by atoms with van der Waals surface area (Å²) in [6.07, 6.45) is 4.62. The van der Waals surface area contributed by atoms with E-state index in [1.165, 1.54) is 10.4 Å². The summed E-state index contributed by atoms with van der Waals surface area (Å²) in [5, 5.41) is 13.6. The lowest BCUT2D eigenvalue weighted by molar-refractivity contribution is -0.115. The molecule has 198 valence electrons. The summed E-state index contributed by atoms with van der Waals surface area (Å²) in [5.74, 6) is 0.569. The number of aromatic nitrogens is 4. The predicted octanol–water partition coefficient (Wildman–Crippen LogP) is 4.43. The Morgan fingerprint density at radius 3 is 2.32 bits per heavy atom. The number of amides is 1. The van der Waals surface area contributed by atoms with E-state index in [1.54, 1.807) is 12.4 Å². The van der Waals surface area contributed by atoms with Gasteiger partial charge in [0.15, 0.2) is 0 Å². The minimum atomic E-state index is -2.61. The lowest BCUT2D eigenvalue weighted by Crippen LogP contribution is -2.67. The van der Waals surface area contributed by atoms with E-state index in [0.717, 1.165) is 25.0 Å². The Kier molecular flexibility index (Phi) is 7.31. The highest BCUT2D eigenvalue weighted by atomic mass is 28.4. The van der Waals surface area contributed by atoms with Gasteiger partial charge in [-0.1, -0.05) is 86.6 Å². The standard InChI is InChI=1S/C29H35N5O3Si/c1-21-17-24(36-33-21)19-27(35)31-28-30-20-34(32-28)22-15-16-23(18-22)37-38(29(2,3)4,25-11-7-5-8-12-25)26-13-9-6-10-14-26/h5-14,17,20,22-23H,15-16,18-19H2,1-4H3,(H,31,32,35)/t22-,23+/m0/s1. The molecule has 0 saturated heterocycles. The molecule has 1 aliphatic rings. The molecule has 1 N–H and O–H groups in total. The van der Waals surface area contributed by atoms with Gasteiger partial charge in [0.2, 0.25) is 11.9 Å². The average molecular weight is 530 g/mol. The molecule has 5 rings (SSSR count). The van der Waals surface area contributed by atoms with Gasteiger partial charge in [-0.3, -0.25) is 10.1 Å². The van der Waals surface area contributed by atoms with Crippen LogP contribution in [0.2, 0.25) is 5.04 Å². The largest absolute Gasteiger partial charge is 0.404 e. The van der Waals surface area contributed by atoms with Crippen LogP contribution < -0.4 is 15.7 Å². The van der Waals surface area contributed by atoms with Gasteiger partial charge in [-0.05, 0) is 41.6 Å². The molecular formula is C29H35N5O3Si. The fraction of sp³-hybridized carbons (Fsp3) is 0.379. The molecule has 1 aliphatic carbocycles. The molecule has 8 nitrogen and oxygen atoms in total. The summed E-state index contributed by atoms with van der Waals surface area (Å²) < 4.78 is 14.3. The highest BCUT2D eigenvalue weighted by molar-refractivity contribution is 6.99. The molecule has 1 saturated carbocycles. The summed E-state index contributed by atoms with van der Waals surface area (Å²) in [6, 6.07) is 23.4. The number of nitrogens with zero attached hydrogens (tertiary/aromatic N) is 4. The maximum absolute atomic E-state index is 12.4. The van der Waals surface area contributed by atoms with Crippen LogP contribution in [0.5, 0.6) is 0 Å². The number of carbonyl (C=O) groups excluding carboxylic acids is 1. The van der Waals surface area contributed by atoms with Crippen molar-refractivity contribution in [3.63, 3.8) is 0 Å². The highest BCUT2D eigenvalue weighted by Gasteiger charge is 2.52. The Bertz CT molecular complexity index is 1320. The number of hydrogen-bond acceptors (Lipinski definition) is 6. The molecule has 38 heavy (non-hydrogen) atoms. The van der Waals surface area contributed by atoms with Crippen LogP contribution in [0.15, 0.2) is 77.6 Å². The van der Waals surface area contributed by atoms with Crippen LogP contribution in [0.1, 0.15) is 57.5 Å². The number of carbonyl (C=O) groups is 1. The van der Waals surface area contributed by atoms with E-state index >= 15 is 0 Å². The Balaban J connectivity index is 1.32. The third-order valence-corrected chi connectivity index (χ3v) is 12.4. The van der Waals surface area contributed by atoms with Gasteiger partial charge >= 0.3 is 0 Å². The van der Waals surface area contributed by atoms with Crippen molar-refractivity contribution in [3.8, 4) is 0 Å². The first-order chi connectivity index (χ1) is 18.2. The van der Waals surface area contributed by atoms with E-state index in [4.69, 9.17) is 8.95 Å². The second-order valence-electron chi connectivity index (χ2n) is 11.1. The zero-order valence-electron chi connectivity index (χ0n) is 22.4. The van der Waals surface area contributed by atoms with Crippen LogP contribution in [0, 0.1) is 6.92 Å². The number of anilines is 1. The second kappa shape index (κ2) is 10.7. The number of aryl methyl sites for hydroxylation is 1. The second-order valence-corrected chi connectivity index (χ2v) is 15.3. The van der Waals surface area contributed by atoms with Crippen LogP contribution in [0.4, 0.5) is 5.95 Å². The Morgan fingerprint density at radius 2 is 1.74 bits per heavy atom. The molecule has 1 fully saturated rings. The molecule has 1 amide bonds. The lowest BCUT2D eigenvalue weighted by atomic mass is 10.2. The molecule has 2 atom stereocenters. The van der Waals surface area contributed by atoms with Gasteiger partial charge in [0.1, 0.15) is 12.1 Å². The van der Waals surface area contributed by atoms with Gasteiger partial charge in [0.05, 0.1) is 18.2 Å². The van der Waals surface area contributed by atoms with Gasteiger partial charge in [-0.25, -0.2) is 9.67 Å².